The summed E-state index contributed by atoms with van der Waals surface area (Å²) in [5, 5.41) is 9.15. The molecule has 1 N–H and O–H groups in total. The van der Waals surface area contributed by atoms with Crippen LogP contribution in [0, 0.1) is 6.92 Å². The molecule has 0 saturated carbocycles. The van der Waals surface area contributed by atoms with E-state index in [1.165, 1.54) is 0 Å². The molecule has 154 valence electrons. The zero-order valence-corrected chi connectivity index (χ0v) is 17.1. The maximum atomic E-state index is 12.8. The minimum Gasteiger partial charge on any atom is -0.479 e. The molecule has 0 spiro atoms. The number of benzene rings is 2. The van der Waals surface area contributed by atoms with Crippen LogP contribution >= 0.6 is 0 Å². The molecule has 0 amide bonds. The number of carbonyl (C=O) groups is 2. The van der Waals surface area contributed by atoms with Crippen LogP contribution in [0.15, 0.2) is 72.9 Å². The number of carbonyl (C=O) groups excluding carboxylic acids is 1. The summed E-state index contributed by atoms with van der Waals surface area (Å²) in [6, 6.07) is 18.5. The molecule has 0 saturated heterocycles. The summed E-state index contributed by atoms with van der Waals surface area (Å²) >= 11 is 0. The van der Waals surface area contributed by atoms with Crippen molar-refractivity contribution in [3.63, 3.8) is 0 Å². The molecule has 0 bridgehead atoms. The first-order valence-electron chi connectivity index (χ1n) is 9.90. The Morgan fingerprint density at radius 1 is 1.10 bits per heavy atom. The van der Waals surface area contributed by atoms with Gasteiger partial charge < -0.3 is 14.4 Å². The maximum Gasteiger partial charge on any atom is 0.344 e. The molecule has 1 aromatic heterocycles. The van der Waals surface area contributed by atoms with Crippen molar-refractivity contribution in [2.45, 2.75) is 32.9 Å². The SMILES string of the molecule is CC[C@H](Oc1cccc(/C=C/Cn2cccc2C(=O)c2ccc(C)cc2)c1)C(=O)O. The molecule has 1 atom stereocenters. The zero-order valence-electron chi connectivity index (χ0n) is 17.1. The number of aryl methyl sites for hydroxylation is 1. The third kappa shape index (κ3) is 5.26. The fourth-order valence-electron chi connectivity index (χ4n) is 3.10. The van der Waals surface area contributed by atoms with E-state index in [1.54, 1.807) is 19.1 Å². The second-order valence-corrected chi connectivity index (χ2v) is 7.07. The molecule has 5 heteroatoms. The summed E-state index contributed by atoms with van der Waals surface area (Å²) in [6.07, 6.45) is 5.29. The summed E-state index contributed by atoms with van der Waals surface area (Å²) in [6.45, 7) is 4.30. The number of rotatable bonds is 9. The number of aliphatic carboxylic acids is 1. The monoisotopic (exact) mass is 403 g/mol. The van der Waals surface area contributed by atoms with Crippen molar-refractivity contribution in [1.29, 1.82) is 0 Å². The van der Waals surface area contributed by atoms with Crippen molar-refractivity contribution in [2.24, 2.45) is 0 Å². The lowest BCUT2D eigenvalue weighted by Gasteiger charge is -2.13. The Balaban J connectivity index is 1.69. The molecule has 5 nitrogen and oxygen atoms in total. The number of aromatic nitrogens is 1. The molecule has 0 fully saturated rings. The van der Waals surface area contributed by atoms with Crippen molar-refractivity contribution in [1.82, 2.24) is 4.57 Å². The number of nitrogens with zero attached hydrogens (tertiary/aromatic N) is 1. The third-order valence-electron chi connectivity index (χ3n) is 4.77. The number of ether oxygens (including phenoxy) is 1. The molecule has 1 heterocycles. The third-order valence-corrected chi connectivity index (χ3v) is 4.77. The topological polar surface area (TPSA) is 68.5 Å². The van der Waals surface area contributed by atoms with E-state index in [0.717, 1.165) is 11.1 Å². The minimum atomic E-state index is -0.975. The number of hydrogen-bond acceptors (Lipinski definition) is 3. The van der Waals surface area contributed by atoms with Crippen LogP contribution in [-0.4, -0.2) is 27.5 Å². The predicted molar refractivity (Wildman–Crippen MR) is 117 cm³/mol. The Hall–Kier alpha value is -3.60. The predicted octanol–water partition coefficient (Wildman–Crippen LogP) is 4.98. The number of hydrogen-bond donors (Lipinski definition) is 1. The quantitative estimate of drug-likeness (QED) is 0.512. The molecular weight excluding hydrogens is 378 g/mol. The lowest BCUT2D eigenvalue weighted by molar-refractivity contribution is -0.145. The van der Waals surface area contributed by atoms with E-state index < -0.39 is 12.1 Å². The molecule has 3 aromatic rings. The average Bonchev–Trinajstić information content (AvgIpc) is 3.20. The molecule has 0 aliphatic rings. The highest BCUT2D eigenvalue weighted by molar-refractivity contribution is 6.08. The Kier molecular flexibility index (Phi) is 6.86. The fourth-order valence-corrected chi connectivity index (χ4v) is 3.10. The van der Waals surface area contributed by atoms with Crippen molar-refractivity contribution in [3.05, 3.63) is 95.3 Å². The van der Waals surface area contributed by atoms with Crippen LogP contribution < -0.4 is 4.74 Å². The fraction of sp³-hybridized carbons (Fsp3) is 0.200. The molecule has 0 aliphatic carbocycles. The lowest BCUT2D eigenvalue weighted by atomic mass is 10.1. The Morgan fingerprint density at radius 3 is 2.57 bits per heavy atom. The molecule has 30 heavy (non-hydrogen) atoms. The summed E-state index contributed by atoms with van der Waals surface area (Å²) < 4.78 is 7.44. The summed E-state index contributed by atoms with van der Waals surface area (Å²) in [4.78, 5) is 24.0. The van der Waals surface area contributed by atoms with E-state index in [0.29, 0.717) is 30.0 Å². The van der Waals surface area contributed by atoms with Gasteiger partial charge in [0.05, 0.1) is 5.69 Å². The molecule has 0 radical (unpaired) electrons. The van der Waals surface area contributed by atoms with E-state index >= 15 is 0 Å². The lowest BCUT2D eigenvalue weighted by Crippen LogP contribution is -2.25. The summed E-state index contributed by atoms with van der Waals surface area (Å²) in [7, 11) is 0. The molecule has 3 rings (SSSR count). The van der Waals surface area contributed by atoms with Gasteiger partial charge in [0.1, 0.15) is 5.75 Å². The van der Waals surface area contributed by atoms with E-state index in [4.69, 9.17) is 9.84 Å². The van der Waals surface area contributed by atoms with Crippen LogP contribution in [0.3, 0.4) is 0 Å². The van der Waals surface area contributed by atoms with E-state index in [1.807, 2.05) is 78.4 Å². The molecule has 2 aromatic carbocycles. The maximum absolute atomic E-state index is 12.8. The molecule has 0 unspecified atom stereocenters. The van der Waals surface area contributed by atoms with Gasteiger partial charge >= 0.3 is 5.97 Å². The number of allylic oxidation sites excluding steroid dienone is 1. The van der Waals surface area contributed by atoms with Gasteiger partial charge in [-0.3, -0.25) is 4.79 Å². The van der Waals surface area contributed by atoms with Crippen LogP contribution in [0.5, 0.6) is 5.75 Å². The highest BCUT2D eigenvalue weighted by Gasteiger charge is 2.16. The zero-order chi connectivity index (χ0) is 21.5. The molecule has 0 aliphatic heterocycles. The van der Waals surface area contributed by atoms with Crippen molar-refractivity contribution in [3.8, 4) is 5.75 Å². The van der Waals surface area contributed by atoms with Gasteiger partial charge in [-0.1, -0.05) is 61.0 Å². The van der Waals surface area contributed by atoms with Gasteiger partial charge in [-0.05, 0) is 43.2 Å². The van der Waals surface area contributed by atoms with Gasteiger partial charge in [-0.15, -0.1) is 0 Å². The largest absolute Gasteiger partial charge is 0.479 e. The van der Waals surface area contributed by atoms with Gasteiger partial charge in [0, 0.05) is 18.3 Å². The molecular formula is C25H25NO4. The Labute approximate surface area is 176 Å². The highest BCUT2D eigenvalue weighted by Crippen LogP contribution is 2.18. The smallest absolute Gasteiger partial charge is 0.344 e. The highest BCUT2D eigenvalue weighted by atomic mass is 16.5. The van der Waals surface area contributed by atoms with Gasteiger partial charge in [0.25, 0.3) is 0 Å². The number of carboxylic acid groups (broad SMARTS) is 1. The normalized spacial score (nSPS) is 12.1. The number of carboxylic acids is 1. The van der Waals surface area contributed by atoms with Crippen LogP contribution in [-0.2, 0) is 11.3 Å². The Bertz CT molecular complexity index is 1050. The van der Waals surface area contributed by atoms with Gasteiger partial charge in [0.2, 0.25) is 5.78 Å². The second-order valence-electron chi connectivity index (χ2n) is 7.07. The van der Waals surface area contributed by atoms with E-state index in [2.05, 4.69) is 0 Å². The second kappa shape index (κ2) is 9.74. The van der Waals surface area contributed by atoms with Crippen LogP contribution in [0.2, 0.25) is 0 Å². The summed E-state index contributed by atoms with van der Waals surface area (Å²) in [5.41, 5.74) is 3.31. The van der Waals surface area contributed by atoms with Crippen molar-refractivity contribution < 1.29 is 19.4 Å². The average molecular weight is 403 g/mol. The van der Waals surface area contributed by atoms with Crippen LogP contribution in [0.4, 0.5) is 0 Å². The van der Waals surface area contributed by atoms with E-state index in [-0.39, 0.29) is 5.78 Å². The first kappa shape index (κ1) is 21.1. The van der Waals surface area contributed by atoms with Gasteiger partial charge in [0.15, 0.2) is 6.10 Å². The van der Waals surface area contributed by atoms with E-state index in [9.17, 15) is 9.59 Å². The van der Waals surface area contributed by atoms with Crippen LogP contribution in [0.1, 0.15) is 40.5 Å². The Morgan fingerprint density at radius 2 is 1.87 bits per heavy atom. The van der Waals surface area contributed by atoms with Crippen LogP contribution in [0.25, 0.3) is 6.08 Å². The van der Waals surface area contributed by atoms with Gasteiger partial charge in [-0.2, -0.15) is 0 Å². The van der Waals surface area contributed by atoms with Crippen molar-refractivity contribution in [2.75, 3.05) is 0 Å². The standard InChI is InChI=1S/C25H25NO4/c1-3-23(25(28)29)30-21-9-4-7-19(17-21)8-5-15-26-16-6-10-22(26)24(27)20-13-11-18(2)12-14-20/h4-14,16-17,23H,3,15H2,1-2H3,(H,28,29)/b8-5+/t23-/m0/s1. The summed E-state index contributed by atoms with van der Waals surface area (Å²) in [5.74, 6) is -0.470. The number of ketones is 1. The van der Waals surface area contributed by atoms with Gasteiger partial charge in [-0.25, -0.2) is 4.79 Å². The first-order chi connectivity index (χ1) is 14.5. The first-order valence-corrected chi connectivity index (χ1v) is 9.90. The minimum absolute atomic E-state index is 0.0110. The van der Waals surface area contributed by atoms with Crippen molar-refractivity contribution >= 4 is 17.8 Å².